The quantitative estimate of drug-likeness (QED) is 0.434. The summed E-state index contributed by atoms with van der Waals surface area (Å²) in [6.07, 6.45) is 0.505. The number of rotatable bonds is 0. The van der Waals surface area contributed by atoms with Crippen LogP contribution in [-0.4, -0.2) is 19.2 Å². The van der Waals surface area contributed by atoms with Crippen LogP contribution in [0.25, 0.3) is 0 Å². The minimum absolute atomic E-state index is 0.315. The molecule has 6 heavy (non-hydrogen) atoms. The highest BCUT2D eigenvalue weighted by molar-refractivity contribution is 4.67. The Morgan fingerprint density at radius 2 is 2.50 bits per heavy atom. The fraction of sp³-hybridized carbons (Fsp3) is 1.00. The summed E-state index contributed by atoms with van der Waals surface area (Å²) in [5, 5.41) is 13.2. The zero-order chi connectivity index (χ0) is 4.41. The molecular weight excluding hydrogens is 78.0 g/mol. The Labute approximate surface area is 37.2 Å². The fourth-order valence-corrected chi connectivity index (χ4v) is 0.628. The Morgan fingerprint density at radius 3 is 2.67 bits per heavy atom. The van der Waals surface area contributed by atoms with Crippen molar-refractivity contribution in [2.45, 2.75) is 12.5 Å². The maximum absolute atomic E-state index is 10.3. The average Bonchev–Trinajstić information content (AvgIpc) is 1.86. The topological polar surface area (TPSA) is 31.9 Å². The largest absolute Gasteiger partial charge is 0.314 e. The molecule has 0 amide bonds. The smallest absolute Gasteiger partial charge is 0.107 e. The van der Waals surface area contributed by atoms with Crippen molar-refractivity contribution in [3.8, 4) is 0 Å². The molecule has 1 radical (unpaired) electrons. The van der Waals surface area contributed by atoms with Gasteiger partial charge in [0.15, 0.2) is 0 Å². The van der Waals surface area contributed by atoms with Gasteiger partial charge in [0.05, 0.1) is 0 Å². The molecule has 2 nitrogen and oxygen atoms in total. The van der Waals surface area contributed by atoms with E-state index in [0.717, 1.165) is 13.0 Å². The molecule has 1 atom stereocenters. The van der Waals surface area contributed by atoms with Crippen molar-refractivity contribution in [3.63, 3.8) is 0 Å². The third-order valence-electron chi connectivity index (χ3n) is 1.02. The van der Waals surface area contributed by atoms with Gasteiger partial charge in [0, 0.05) is 6.54 Å². The Hall–Kier alpha value is -0.0800. The van der Waals surface area contributed by atoms with E-state index >= 15 is 0 Å². The van der Waals surface area contributed by atoms with Crippen LogP contribution in [0.15, 0.2) is 0 Å². The van der Waals surface area contributed by atoms with Gasteiger partial charge in [0.2, 0.25) is 0 Å². The van der Waals surface area contributed by atoms with Crippen LogP contribution in [0.4, 0.5) is 0 Å². The van der Waals surface area contributed by atoms with Crippen LogP contribution < -0.4 is 5.32 Å². The first-order chi connectivity index (χ1) is 2.89. The normalized spacial score (nSPS) is 34.5. The number of nitrogens with one attached hydrogen (secondary N) is 1. The molecule has 1 N–H and O–H groups in total. The molecule has 0 aromatic heterocycles. The second-order valence-electron chi connectivity index (χ2n) is 1.61. The summed E-state index contributed by atoms with van der Waals surface area (Å²) >= 11 is 0. The molecule has 0 saturated carbocycles. The van der Waals surface area contributed by atoms with E-state index in [1.54, 1.807) is 0 Å². The fourth-order valence-electron chi connectivity index (χ4n) is 0.628. The van der Waals surface area contributed by atoms with Crippen LogP contribution in [0.5, 0.6) is 0 Å². The standard InChI is InChI=1S/C4H8NO/c6-4-1-2-5-3-4/h4-5H,1-3H2/t4-/m0/s1. The van der Waals surface area contributed by atoms with E-state index in [-0.39, 0.29) is 6.10 Å². The molecule has 0 aromatic rings. The van der Waals surface area contributed by atoms with Gasteiger partial charge < -0.3 is 5.32 Å². The van der Waals surface area contributed by atoms with Gasteiger partial charge >= 0.3 is 0 Å². The van der Waals surface area contributed by atoms with Gasteiger partial charge in [-0.25, -0.2) is 5.11 Å². The van der Waals surface area contributed by atoms with E-state index in [1.807, 2.05) is 0 Å². The van der Waals surface area contributed by atoms with Gasteiger partial charge in [0.1, 0.15) is 6.10 Å². The summed E-state index contributed by atoms with van der Waals surface area (Å²) in [5.74, 6) is 0. The highest BCUT2D eigenvalue weighted by atomic mass is 16.3. The highest BCUT2D eigenvalue weighted by Gasteiger charge is 2.10. The van der Waals surface area contributed by atoms with Crippen molar-refractivity contribution in [1.29, 1.82) is 0 Å². The lowest BCUT2D eigenvalue weighted by Gasteiger charge is -1.86. The van der Waals surface area contributed by atoms with Crippen LogP contribution in [0.2, 0.25) is 0 Å². The van der Waals surface area contributed by atoms with Crippen LogP contribution in [0, 0.1) is 0 Å². The monoisotopic (exact) mass is 86.1 g/mol. The lowest BCUT2D eigenvalue weighted by Crippen LogP contribution is -2.10. The van der Waals surface area contributed by atoms with Crippen LogP contribution >= 0.6 is 0 Å². The molecular formula is C4H8NO. The lowest BCUT2D eigenvalue weighted by atomic mass is 10.3. The zero-order valence-corrected chi connectivity index (χ0v) is 3.61. The van der Waals surface area contributed by atoms with Crippen molar-refractivity contribution >= 4 is 0 Å². The Balaban J connectivity index is 2.18. The maximum atomic E-state index is 10.3. The predicted octanol–water partition coefficient (Wildman–Crippen LogP) is -0.221. The molecule has 1 fully saturated rings. The van der Waals surface area contributed by atoms with Crippen molar-refractivity contribution in [3.05, 3.63) is 0 Å². The minimum Gasteiger partial charge on any atom is -0.314 e. The van der Waals surface area contributed by atoms with Crippen molar-refractivity contribution in [2.75, 3.05) is 13.1 Å². The van der Waals surface area contributed by atoms with Crippen LogP contribution in [-0.2, 0) is 5.11 Å². The second-order valence-corrected chi connectivity index (χ2v) is 1.61. The Kier molecular flexibility index (Phi) is 1.08. The summed E-state index contributed by atoms with van der Waals surface area (Å²) in [6.45, 7) is 1.61. The Bertz CT molecular complexity index is 40.8. The van der Waals surface area contributed by atoms with E-state index in [2.05, 4.69) is 5.32 Å². The molecule has 0 aliphatic carbocycles. The minimum atomic E-state index is -0.315. The molecule has 0 aromatic carbocycles. The average molecular weight is 86.1 g/mol. The second kappa shape index (κ2) is 1.58. The van der Waals surface area contributed by atoms with Gasteiger partial charge in [-0.15, -0.1) is 0 Å². The molecule has 0 unspecified atom stereocenters. The van der Waals surface area contributed by atoms with Crippen LogP contribution in [0.3, 0.4) is 0 Å². The molecule has 1 heterocycles. The highest BCUT2D eigenvalue weighted by Crippen LogP contribution is 1.94. The third-order valence-corrected chi connectivity index (χ3v) is 1.02. The summed E-state index contributed by atoms with van der Waals surface area (Å²) < 4.78 is 0. The molecule has 1 rings (SSSR count). The van der Waals surface area contributed by atoms with Crippen LogP contribution in [0.1, 0.15) is 6.42 Å². The SMILES string of the molecule is [O][C@H]1CCNC1. The molecule has 0 spiro atoms. The maximum Gasteiger partial charge on any atom is 0.107 e. The summed E-state index contributed by atoms with van der Waals surface area (Å²) in [4.78, 5) is 0. The van der Waals surface area contributed by atoms with Gasteiger partial charge in [-0.3, -0.25) is 0 Å². The van der Waals surface area contributed by atoms with E-state index in [4.69, 9.17) is 0 Å². The molecule has 2 heteroatoms. The van der Waals surface area contributed by atoms with Gasteiger partial charge in [0.25, 0.3) is 0 Å². The number of hydrogen-bond acceptors (Lipinski definition) is 1. The predicted molar refractivity (Wildman–Crippen MR) is 22.0 cm³/mol. The van der Waals surface area contributed by atoms with Crippen molar-refractivity contribution in [2.24, 2.45) is 0 Å². The van der Waals surface area contributed by atoms with E-state index in [0.29, 0.717) is 6.54 Å². The summed E-state index contributed by atoms with van der Waals surface area (Å²) in [5.41, 5.74) is 0. The van der Waals surface area contributed by atoms with E-state index < -0.39 is 0 Å². The first kappa shape index (κ1) is 4.09. The zero-order valence-electron chi connectivity index (χ0n) is 3.61. The molecule has 1 aliphatic rings. The van der Waals surface area contributed by atoms with E-state index in [1.165, 1.54) is 0 Å². The van der Waals surface area contributed by atoms with Gasteiger partial charge in [-0.1, -0.05) is 0 Å². The molecule has 1 saturated heterocycles. The van der Waals surface area contributed by atoms with Crippen molar-refractivity contribution < 1.29 is 5.11 Å². The first-order valence-corrected chi connectivity index (χ1v) is 2.26. The lowest BCUT2D eigenvalue weighted by molar-refractivity contribution is 0.107. The Morgan fingerprint density at radius 1 is 1.67 bits per heavy atom. The van der Waals surface area contributed by atoms with Gasteiger partial charge in [-0.05, 0) is 13.0 Å². The first-order valence-electron chi connectivity index (χ1n) is 2.26. The summed E-state index contributed by atoms with van der Waals surface area (Å²) in [6, 6.07) is 0. The van der Waals surface area contributed by atoms with E-state index in [9.17, 15) is 5.11 Å². The molecule has 1 aliphatic heterocycles. The van der Waals surface area contributed by atoms with Crippen molar-refractivity contribution in [1.82, 2.24) is 5.32 Å². The number of hydrogen-bond donors (Lipinski definition) is 1. The molecule has 35 valence electrons. The van der Waals surface area contributed by atoms with Gasteiger partial charge in [-0.2, -0.15) is 0 Å². The third kappa shape index (κ3) is 0.698. The molecule has 0 bridgehead atoms. The summed E-state index contributed by atoms with van der Waals surface area (Å²) in [7, 11) is 0.